The Morgan fingerprint density at radius 1 is 1.06 bits per heavy atom. The first kappa shape index (κ1) is 24.4. The first-order valence-corrected chi connectivity index (χ1v) is 11.8. The molecule has 0 fully saturated rings. The number of thioether (sulfide) groups is 1. The van der Waals surface area contributed by atoms with Crippen LogP contribution in [0, 0.1) is 0 Å². The van der Waals surface area contributed by atoms with Crippen LogP contribution in [0.5, 0.6) is 0 Å². The quantitative estimate of drug-likeness (QED) is 0.390. The van der Waals surface area contributed by atoms with Crippen LogP contribution in [0.3, 0.4) is 0 Å². The number of hydrogen-bond donors (Lipinski definition) is 2. The standard InChI is InChI=1S/C21H20Cl3N5O2S/c1-3-29-19(12(2)25-20(31)13-4-6-14(22)7-5-13)27-28-21(29)32-11-18(30)26-17-9-8-15(23)10-16(17)24/h4-10,12H,3,11H2,1-2H3,(H,25,31)(H,26,30)/t12-/m0/s1. The molecule has 0 saturated carbocycles. The van der Waals surface area contributed by atoms with Gasteiger partial charge in [0.15, 0.2) is 11.0 Å². The largest absolute Gasteiger partial charge is 0.342 e. The number of anilines is 1. The number of amides is 2. The minimum absolute atomic E-state index is 0.114. The summed E-state index contributed by atoms with van der Waals surface area (Å²) in [5.41, 5.74) is 0.980. The van der Waals surface area contributed by atoms with Gasteiger partial charge in [-0.3, -0.25) is 9.59 Å². The highest BCUT2D eigenvalue weighted by molar-refractivity contribution is 7.99. The predicted octanol–water partition coefficient (Wildman–Crippen LogP) is 5.48. The molecule has 32 heavy (non-hydrogen) atoms. The zero-order chi connectivity index (χ0) is 23.3. The first-order valence-electron chi connectivity index (χ1n) is 9.65. The molecule has 0 aliphatic rings. The molecule has 3 aromatic rings. The van der Waals surface area contributed by atoms with E-state index in [2.05, 4.69) is 20.8 Å². The van der Waals surface area contributed by atoms with Crippen molar-refractivity contribution >= 4 is 64.1 Å². The van der Waals surface area contributed by atoms with Gasteiger partial charge in [-0.25, -0.2) is 0 Å². The molecule has 7 nitrogen and oxygen atoms in total. The van der Waals surface area contributed by atoms with Gasteiger partial charge in [-0.05, 0) is 56.3 Å². The predicted molar refractivity (Wildman–Crippen MR) is 129 cm³/mol. The van der Waals surface area contributed by atoms with Crippen LogP contribution < -0.4 is 10.6 Å². The lowest BCUT2D eigenvalue weighted by atomic mass is 10.2. The van der Waals surface area contributed by atoms with Crippen LogP contribution in [-0.4, -0.2) is 32.3 Å². The van der Waals surface area contributed by atoms with E-state index < -0.39 is 0 Å². The summed E-state index contributed by atoms with van der Waals surface area (Å²) in [5.74, 6) is 0.227. The zero-order valence-corrected chi connectivity index (χ0v) is 20.3. The van der Waals surface area contributed by atoms with Gasteiger partial charge in [0.25, 0.3) is 5.91 Å². The molecule has 168 valence electrons. The lowest BCUT2D eigenvalue weighted by Crippen LogP contribution is -2.28. The number of halogens is 3. The Morgan fingerprint density at radius 3 is 2.41 bits per heavy atom. The van der Waals surface area contributed by atoms with Gasteiger partial charge in [0.1, 0.15) is 0 Å². The Labute approximate surface area is 204 Å². The fourth-order valence-corrected chi connectivity index (χ4v) is 4.27. The Balaban J connectivity index is 1.62. The van der Waals surface area contributed by atoms with Gasteiger partial charge in [-0.1, -0.05) is 46.6 Å². The van der Waals surface area contributed by atoms with E-state index in [0.29, 0.717) is 43.8 Å². The minimum atomic E-state index is -0.387. The maximum absolute atomic E-state index is 12.5. The molecular weight excluding hydrogens is 493 g/mol. The van der Waals surface area contributed by atoms with E-state index in [1.807, 2.05) is 18.4 Å². The summed E-state index contributed by atoms with van der Waals surface area (Å²) in [6.07, 6.45) is 0. The normalized spacial score (nSPS) is 11.8. The number of carbonyl (C=O) groups excluding carboxylic acids is 2. The highest BCUT2D eigenvalue weighted by atomic mass is 35.5. The van der Waals surface area contributed by atoms with E-state index in [1.165, 1.54) is 11.8 Å². The van der Waals surface area contributed by atoms with E-state index in [9.17, 15) is 9.59 Å². The molecule has 1 heterocycles. The van der Waals surface area contributed by atoms with Crippen LogP contribution in [0.1, 0.15) is 36.1 Å². The van der Waals surface area contributed by atoms with Gasteiger partial charge in [0.05, 0.1) is 22.5 Å². The molecule has 11 heteroatoms. The topological polar surface area (TPSA) is 88.9 Å². The molecule has 1 atom stereocenters. The van der Waals surface area contributed by atoms with E-state index in [1.54, 1.807) is 42.5 Å². The number of benzene rings is 2. The summed E-state index contributed by atoms with van der Waals surface area (Å²) >= 11 is 19.1. The van der Waals surface area contributed by atoms with Gasteiger partial charge in [0.2, 0.25) is 5.91 Å². The average molecular weight is 513 g/mol. The van der Waals surface area contributed by atoms with Crippen LogP contribution in [0.25, 0.3) is 0 Å². The second-order valence-corrected chi connectivity index (χ2v) is 8.97. The molecule has 0 unspecified atom stereocenters. The van der Waals surface area contributed by atoms with Crippen molar-refractivity contribution in [3.63, 3.8) is 0 Å². The van der Waals surface area contributed by atoms with E-state index in [0.717, 1.165) is 0 Å². The molecule has 0 radical (unpaired) electrons. The van der Waals surface area contributed by atoms with Gasteiger partial charge in [-0.15, -0.1) is 10.2 Å². The van der Waals surface area contributed by atoms with Crippen LogP contribution >= 0.6 is 46.6 Å². The van der Waals surface area contributed by atoms with Gasteiger partial charge in [0, 0.05) is 22.2 Å². The van der Waals surface area contributed by atoms with Gasteiger partial charge < -0.3 is 15.2 Å². The van der Waals surface area contributed by atoms with Crippen molar-refractivity contribution in [1.29, 1.82) is 0 Å². The summed E-state index contributed by atoms with van der Waals surface area (Å²) < 4.78 is 1.86. The summed E-state index contributed by atoms with van der Waals surface area (Å²) in [7, 11) is 0. The maximum atomic E-state index is 12.5. The number of aromatic nitrogens is 3. The number of rotatable bonds is 8. The molecular formula is C21H20Cl3N5O2S. The number of nitrogens with zero attached hydrogens (tertiary/aromatic N) is 3. The second-order valence-electron chi connectivity index (χ2n) is 6.75. The summed E-state index contributed by atoms with van der Waals surface area (Å²) in [6, 6.07) is 11.1. The monoisotopic (exact) mass is 511 g/mol. The van der Waals surface area contributed by atoms with E-state index >= 15 is 0 Å². The second kappa shape index (κ2) is 11.0. The van der Waals surface area contributed by atoms with Crippen molar-refractivity contribution in [3.05, 3.63) is 68.9 Å². The van der Waals surface area contributed by atoms with E-state index in [-0.39, 0.29) is 23.6 Å². The van der Waals surface area contributed by atoms with Crippen molar-refractivity contribution in [3.8, 4) is 0 Å². The fraction of sp³-hybridized carbons (Fsp3) is 0.238. The number of hydrogen-bond acceptors (Lipinski definition) is 5. The third-order valence-corrected chi connectivity index (χ3v) is 6.21. The fourth-order valence-electron chi connectivity index (χ4n) is 2.88. The molecule has 0 saturated heterocycles. The van der Waals surface area contributed by atoms with Gasteiger partial charge in [-0.2, -0.15) is 0 Å². The molecule has 2 aromatic carbocycles. The third kappa shape index (κ3) is 6.16. The molecule has 2 N–H and O–H groups in total. The number of nitrogens with one attached hydrogen (secondary N) is 2. The van der Waals surface area contributed by atoms with Crippen LogP contribution in [0.4, 0.5) is 5.69 Å². The SMILES string of the molecule is CCn1c(SCC(=O)Nc2ccc(Cl)cc2Cl)nnc1[C@H](C)NC(=O)c1ccc(Cl)cc1. The molecule has 0 bridgehead atoms. The average Bonchev–Trinajstić information content (AvgIpc) is 3.17. The van der Waals surface area contributed by atoms with Crippen LogP contribution in [-0.2, 0) is 11.3 Å². The molecule has 1 aromatic heterocycles. The number of carbonyl (C=O) groups is 2. The first-order chi connectivity index (χ1) is 15.3. The van der Waals surface area contributed by atoms with Crippen molar-refractivity contribution in [1.82, 2.24) is 20.1 Å². The van der Waals surface area contributed by atoms with E-state index in [4.69, 9.17) is 34.8 Å². The summed E-state index contributed by atoms with van der Waals surface area (Å²) in [5, 5.41) is 16.1. The summed E-state index contributed by atoms with van der Waals surface area (Å²) in [4.78, 5) is 24.8. The van der Waals surface area contributed by atoms with Crippen molar-refractivity contribution in [2.45, 2.75) is 31.6 Å². The van der Waals surface area contributed by atoms with Crippen molar-refractivity contribution in [2.75, 3.05) is 11.1 Å². The van der Waals surface area contributed by atoms with Crippen molar-refractivity contribution < 1.29 is 9.59 Å². The molecule has 3 rings (SSSR count). The Kier molecular flexibility index (Phi) is 8.42. The molecule has 0 aliphatic heterocycles. The Bertz CT molecular complexity index is 1120. The van der Waals surface area contributed by atoms with Crippen molar-refractivity contribution in [2.24, 2.45) is 0 Å². The molecule has 0 aliphatic carbocycles. The Morgan fingerprint density at radius 2 is 1.75 bits per heavy atom. The maximum Gasteiger partial charge on any atom is 0.251 e. The van der Waals surface area contributed by atoms with Crippen LogP contribution in [0.2, 0.25) is 15.1 Å². The third-order valence-electron chi connectivity index (χ3n) is 4.44. The lowest BCUT2D eigenvalue weighted by Gasteiger charge is -2.15. The van der Waals surface area contributed by atoms with Crippen LogP contribution in [0.15, 0.2) is 47.6 Å². The Hall–Kier alpha value is -2.26. The smallest absolute Gasteiger partial charge is 0.251 e. The molecule has 2 amide bonds. The summed E-state index contributed by atoms with van der Waals surface area (Å²) in [6.45, 7) is 4.35. The zero-order valence-electron chi connectivity index (χ0n) is 17.2. The lowest BCUT2D eigenvalue weighted by molar-refractivity contribution is -0.113. The minimum Gasteiger partial charge on any atom is -0.342 e. The highest BCUT2D eigenvalue weighted by Gasteiger charge is 2.20. The van der Waals surface area contributed by atoms with Gasteiger partial charge >= 0.3 is 0 Å². The molecule has 0 spiro atoms. The highest BCUT2D eigenvalue weighted by Crippen LogP contribution is 2.26.